The van der Waals surface area contributed by atoms with E-state index in [0.717, 1.165) is 23.9 Å². The topological polar surface area (TPSA) is 36.4 Å². The lowest BCUT2D eigenvalue weighted by molar-refractivity contribution is 0.198. The van der Waals surface area contributed by atoms with Gasteiger partial charge in [-0.3, -0.25) is 9.88 Å². The summed E-state index contributed by atoms with van der Waals surface area (Å²) in [7, 11) is 0. The molecule has 0 amide bonds. The number of nitrogens with zero attached hydrogens (tertiary/aromatic N) is 2. The Kier molecular flexibility index (Phi) is 7.03. The molecule has 0 unspecified atom stereocenters. The maximum atomic E-state index is 9.18. The molecule has 1 aromatic heterocycles. The van der Waals surface area contributed by atoms with Gasteiger partial charge in [-0.05, 0) is 35.9 Å². The van der Waals surface area contributed by atoms with Crippen LogP contribution in [0.15, 0.2) is 53.7 Å². The van der Waals surface area contributed by atoms with Crippen molar-refractivity contribution < 1.29 is 5.11 Å². The molecule has 0 saturated carbocycles. The van der Waals surface area contributed by atoms with Gasteiger partial charge in [0.25, 0.3) is 0 Å². The standard InChI is InChI=1S/C16H19ClN2OS/c17-15-3-5-16(6-4-15)21-11-9-19(8-10-20)13-14-2-1-7-18-12-14/h1-7,12,20H,8-11,13H2. The number of aliphatic hydroxyl groups excluding tert-OH is 1. The SMILES string of the molecule is OCCN(CCSc1ccc(Cl)cc1)Cc1cccnc1. The molecule has 0 saturated heterocycles. The quantitative estimate of drug-likeness (QED) is 0.756. The van der Waals surface area contributed by atoms with Crippen LogP contribution in [0.2, 0.25) is 5.02 Å². The molecule has 0 aliphatic rings. The van der Waals surface area contributed by atoms with Crippen molar-refractivity contribution >= 4 is 23.4 Å². The van der Waals surface area contributed by atoms with E-state index in [1.807, 2.05) is 36.5 Å². The molecule has 1 N–H and O–H groups in total. The highest BCUT2D eigenvalue weighted by atomic mass is 35.5. The van der Waals surface area contributed by atoms with Gasteiger partial charge in [-0.15, -0.1) is 11.8 Å². The first-order chi connectivity index (χ1) is 10.3. The molecule has 0 spiro atoms. The van der Waals surface area contributed by atoms with Gasteiger partial charge in [0.05, 0.1) is 6.61 Å². The van der Waals surface area contributed by atoms with E-state index in [1.165, 1.54) is 10.5 Å². The zero-order valence-electron chi connectivity index (χ0n) is 11.8. The molecule has 0 fully saturated rings. The first kappa shape index (κ1) is 16.3. The normalized spacial score (nSPS) is 11.0. The van der Waals surface area contributed by atoms with Crippen molar-refractivity contribution in [3.05, 3.63) is 59.4 Å². The number of rotatable bonds is 8. The molecule has 1 heterocycles. The van der Waals surface area contributed by atoms with Crippen LogP contribution in [0.3, 0.4) is 0 Å². The van der Waals surface area contributed by atoms with E-state index in [9.17, 15) is 5.11 Å². The summed E-state index contributed by atoms with van der Waals surface area (Å²) in [5.41, 5.74) is 1.17. The number of hydrogen-bond acceptors (Lipinski definition) is 4. The molecule has 2 aromatic rings. The summed E-state index contributed by atoms with van der Waals surface area (Å²) in [4.78, 5) is 7.58. The van der Waals surface area contributed by atoms with Crippen LogP contribution in [-0.4, -0.2) is 40.4 Å². The van der Waals surface area contributed by atoms with Crippen LogP contribution in [0, 0.1) is 0 Å². The van der Waals surface area contributed by atoms with Crippen molar-refractivity contribution in [2.24, 2.45) is 0 Å². The fourth-order valence-corrected chi connectivity index (χ4v) is 3.02. The van der Waals surface area contributed by atoms with Gasteiger partial charge in [-0.1, -0.05) is 17.7 Å². The molecular formula is C16H19ClN2OS. The predicted molar refractivity (Wildman–Crippen MR) is 88.8 cm³/mol. The van der Waals surface area contributed by atoms with Crippen LogP contribution in [0.1, 0.15) is 5.56 Å². The molecule has 1 aromatic carbocycles. The fraction of sp³-hybridized carbons (Fsp3) is 0.312. The highest BCUT2D eigenvalue weighted by Crippen LogP contribution is 2.20. The summed E-state index contributed by atoms with van der Waals surface area (Å²) in [5, 5.41) is 9.94. The average Bonchev–Trinajstić information content (AvgIpc) is 2.50. The monoisotopic (exact) mass is 322 g/mol. The predicted octanol–water partition coefficient (Wildman–Crippen LogP) is 3.32. The van der Waals surface area contributed by atoms with Crippen LogP contribution in [0.5, 0.6) is 0 Å². The summed E-state index contributed by atoms with van der Waals surface area (Å²) in [6.45, 7) is 2.58. The van der Waals surface area contributed by atoms with Crippen LogP contribution in [0.4, 0.5) is 0 Å². The Balaban J connectivity index is 1.81. The molecule has 0 atom stereocenters. The van der Waals surface area contributed by atoms with E-state index in [-0.39, 0.29) is 6.61 Å². The Morgan fingerprint density at radius 3 is 2.62 bits per heavy atom. The summed E-state index contributed by atoms with van der Waals surface area (Å²) in [5.74, 6) is 0.974. The minimum Gasteiger partial charge on any atom is -0.395 e. The first-order valence-electron chi connectivity index (χ1n) is 6.88. The van der Waals surface area contributed by atoms with Gasteiger partial charge in [0, 0.05) is 47.7 Å². The molecule has 0 radical (unpaired) electrons. The van der Waals surface area contributed by atoms with Crippen molar-refractivity contribution in [2.45, 2.75) is 11.4 Å². The average molecular weight is 323 g/mol. The lowest BCUT2D eigenvalue weighted by atomic mass is 10.2. The summed E-state index contributed by atoms with van der Waals surface area (Å²) >= 11 is 7.67. The molecule has 5 heteroatoms. The highest BCUT2D eigenvalue weighted by Gasteiger charge is 2.06. The van der Waals surface area contributed by atoms with Crippen LogP contribution in [0.25, 0.3) is 0 Å². The maximum absolute atomic E-state index is 9.18. The summed E-state index contributed by atoms with van der Waals surface area (Å²) < 4.78 is 0. The zero-order valence-corrected chi connectivity index (χ0v) is 13.4. The smallest absolute Gasteiger partial charge is 0.0558 e. The van der Waals surface area contributed by atoms with Gasteiger partial charge in [0.15, 0.2) is 0 Å². The van der Waals surface area contributed by atoms with E-state index in [2.05, 4.69) is 16.0 Å². The molecule has 112 valence electrons. The Hall–Kier alpha value is -1.07. The number of pyridine rings is 1. The minimum atomic E-state index is 0.172. The van der Waals surface area contributed by atoms with Gasteiger partial charge in [0.2, 0.25) is 0 Å². The molecule has 0 aliphatic carbocycles. The van der Waals surface area contributed by atoms with Crippen LogP contribution in [-0.2, 0) is 6.54 Å². The minimum absolute atomic E-state index is 0.172. The number of thioether (sulfide) groups is 1. The van der Waals surface area contributed by atoms with Crippen molar-refractivity contribution in [1.29, 1.82) is 0 Å². The van der Waals surface area contributed by atoms with E-state index < -0.39 is 0 Å². The van der Waals surface area contributed by atoms with Crippen LogP contribution < -0.4 is 0 Å². The Bertz CT molecular complexity index is 522. The molecule has 3 nitrogen and oxygen atoms in total. The maximum Gasteiger partial charge on any atom is 0.0558 e. The van der Waals surface area contributed by atoms with E-state index in [1.54, 1.807) is 18.0 Å². The molecular weight excluding hydrogens is 304 g/mol. The second-order valence-electron chi connectivity index (χ2n) is 4.66. The van der Waals surface area contributed by atoms with Crippen molar-refractivity contribution in [1.82, 2.24) is 9.88 Å². The van der Waals surface area contributed by atoms with Gasteiger partial charge < -0.3 is 5.11 Å². The molecule has 21 heavy (non-hydrogen) atoms. The van der Waals surface area contributed by atoms with Gasteiger partial charge in [-0.25, -0.2) is 0 Å². The van der Waals surface area contributed by atoms with Gasteiger partial charge in [0.1, 0.15) is 0 Å². The zero-order chi connectivity index (χ0) is 14.9. The van der Waals surface area contributed by atoms with Crippen molar-refractivity contribution in [3.8, 4) is 0 Å². The Morgan fingerprint density at radius 2 is 1.95 bits per heavy atom. The molecule has 0 bridgehead atoms. The third-order valence-electron chi connectivity index (χ3n) is 3.04. The molecule has 0 aliphatic heterocycles. The second-order valence-corrected chi connectivity index (χ2v) is 6.27. The number of halogens is 1. The molecule has 2 rings (SSSR count). The largest absolute Gasteiger partial charge is 0.395 e. The summed E-state index contributed by atoms with van der Waals surface area (Å²) in [6, 6.07) is 11.9. The van der Waals surface area contributed by atoms with E-state index in [0.29, 0.717) is 6.54 Å². The first-order valence-corrected chi connectivity index (χ1v) is 8.25. The number of hydrogen-bond donors (Lipinski definition) is 1. The Labute approximate surface area is 135 Å². The van der Waals surface area contributed by atoms with Crippen LogP contribution >= 0.6 is 23.4 Å². The third kappa shape index (κ3) is 6.06. The number of aromatic nitrogens is 1. The van der Waals surface area contributed by atoms with E-state index in [4.69, 9.17) is 11.6 Å². The Morgan fingerprint density at radius 1 is 1.14 bits per heavy atom. The summed E-state index contributed by atoms with van der Waals surface area (Å²) in [6.07, 6.45) is 3.65. The second kappa shape index (κ2) is 9.05. The lowest BCUT2D eigenvalue weighted by Crippen LogP contribution is -2.28. The fourth-order valence-electron chi connectivity index (χ4n) is 1.98. The lowest BCUT2D eigenvalue weighted by Gasteiger charge is -2.21. The van der Waals surface area contributed by atoms with E-state index >= 15 is 0 Å². The highest BCUT2D eigenvalue weighted by molar-refractivity contribution is 7.99. The van der Waals surface area contributed by atoms with Gasteiger partial charge >= 0.3 is 0 Å². The number of benzene rings is 1. The van der Waals surface area contributed by atoms with Crippen molar-refractivity contribution in [2.75, 3.05) is 25.4 Å². The van der Waals surface area contributed by atoms with Crippen molar-refractivity contribution in [3.63, 3.8) is 0 Å². The number of aliphatic hydroxyl groups is 1. The van der Waals surface area contributed by atoms with Gasteiger partial charge in [-0.2, -0.15) is 0 Å². The third-order valence-corrected chi connectivity index (χ3v) is 4.28.